The van der Waals surface area contributed by atoms with E-state index in [1.165, 1.54) is 23.5 Å². The molecular weight excluding hydrogens is 180 g/mol. The van der Waals surface area contributed by atoms with Crippen molar-refractivity contribution in [2.45, 2.75) is 39.2 Å². The molecule has 0 bridgehead atoms. The summed E-state index contributed by atoms with van der Waals surface area (Å²) in [5.41, 5.74) is 1.26. The Hall–Kier alpha value is -0.410. The van der Waals surface area contributed by atoms with Crippen LogP contribution in [-0.2, 0) is 6.42 Å². The van der Waals surface area contributed by atoms with E-state index in [-0.39, 0.29) is 0 Å². The average Bonchev–Trinajstić information content (AvgIpc) is 2.51. The second-order valence-electron chi connectivity index (χ2n) is 3.44. The summed E-state index contributed by atoms with van der Waals surface area (Å²) in [6.07, 6.45) is 3.58. The summed E-state index contributed by atoms with van der Waals surface area (Å²) >= 11 is 1.74. The standard InChI is InChI=1S/C10H18N2S/c1-8(11-3)5-4-6-10-7-13-9(2)12-10/h7-8,11H,4-6H2,1-3H3. The highest BCUT2D eigenvalue weighted by Crippen LogP contribution is 2.11. The van der Waals surface area contributed by atoms with Crippen LogP contribution in [0.5, 0.6) is 0 Å². The Balaban J connectivity index is 2.20. The summed E-state index contributed by atoms with van der Waals surface area (Å²) in [4.78, 5) is 4.43. The van der Waals surface area contributed by atoms with Crippen LogP contribution >= 0.6 is 11.3 Å². The predicted molar refractivity (Wildman–Crippen MR) is 58.3 cm³/mol. The molecule has 1 aromatic heterocycles. The molecule has 0 aliphatic carbocycles. The Morgan fingerprint density at radius 1 is 1.62 bits per heavy atom. The van der Waals surface area contributed by atoms with Crippen molar-refractivity contribution in [3.8, 4) is 0 Å². The highest BCUT2D eigenvalue weighted by Gasteiger charge is 2.00. The van der Waals surface area contributed by atoms with Crippen LogP contribution in [0.3, 0.4) is 0 Å². The zero-order valence-electron chi connectivity index (χ0n) is 8.63. The molecule has 0 saturated heterocycles. The van der Waals surface area contributed by atoms with Crippen molar-refractivity contribution in [3.63, 3.8) is 0 Å². The molecule has 0 aliphatic heterocycles. The Kier molecular flexibility index (Phi) is 4.39. The molecule has 0 fully saturated rings. The molecule has 13 heavy (non-hydrogen) atoms. The average molecular weight is 198 g/mol. The molecule has 1 rings (SSSR count). The molecule has 1 N–H and O–H groups in total. The Morgan fingerprint density at radius 2 is 2.38 bits per heavy atom. The largest absolute Gasteiger partial charge is 0.317 e. The Bertz CT molecular complexity index is 245. The first-order valence-electron chi connectivity index (χ1n) is 4.80. The normalized spacial score (nSPS) is 13.2. The van der Waals surface area contributed by atoms with Crippen molar-refractivity contribution in [1.82, 2.24) is 10.3 Å². The number of nitrogens with zero attached hydrogens (tertiary/aromatic N) is 1. The third kappa shape index (κ3) is 3.87. The molecule has 0 radical (unpaired) electrons. The van der Waals surface area contributed by atoms with Crippen LogP contribution in [-0.4, -0.2) is 18.1 Å². The lowest BCUT2D eigenvalue weighted by Gasteiger charge is -2.07. The van der Waals surface area contributed by atoms with Gasteiger partial charge in [0, 0.05) is 11.4 Å². The van der Waals surface area contributed by atoms with E-state index in [4.69, 9.17) is 0 Å². The molecule has 1 unspecified atom stereocenters. The third-order valence-corrected chi connectivity index (χ3v) is 3.05. The molecule has 1 heterocycles. The van der Waals surface area contributed by atoms with Gasteiger partial charge in [-0.1, -0.05) is 0 Å². The van der Waals surface area contributed by atoms with Crippen LogP contribution < -0.4 is 5.32 Å². The first kappa shape index (κ1) is 10.7. The minimum absolute atomic E-state index is 0.625. The number of aromatic nitrogens is 1. The van der Waals surface area contributed by atoms with E-state index in [9.17, 15) is 0 Å². The molecule has 3 heteroatoms. The Morgan fingerprint density at radius 3 is 2.92 bits per heavy atom. The highest BCUT2D eigenvalue weighted by atomic mass is 32.1. The van der Waals surface area contributed by atoms with Crippen molar-refractivity contribution in [3.05, 3.63) is 16.1 Å². The number of hydrogen-bond donors (Lipinski definition) is 1. The van der Waals surface area contributed by atoms with Crippen molar-refractivity contribution in [2.75, 3.05) is 7.05 Å². The highest BCUT2D eigenvalue weighted by molar-refractivity contribution is 7.09. The second-order valence-corrected chi connectivity index (χ2v) is 4.50. The molecule has 0 amide bonds. The van der Waals surface area contributed by atoms with Crippen LogP contribution in [0, 0.1) is 6.92 Å². The molecule has 1 aromatic rings. The molecule has 74 valence electrons. The first-order chi connectivity index (χ1) is 6.22. The zero-order valence-corrected chi connectivity index (χ0v) is 9.45. The van der Waals surface area contributed by atoms with Gasteiger partial charge in [0.25, 0.3) is 0 Å². The molecule has 0 spiro atoms. The Labute approximate surface area is 84.4 Å². The maximum Gasteiger partial charge on any atom is 0.0897 e. The SMILES string of the molecule is CNC(C)CCCc1csc(C)n1. The lowest BCUT2D eigenvalue weighted by atomic mass is 10.1. The summed E-state index contributed by atoms with van der Waals surface area (Å²) in [7, 11) is 2.01. The van der Waals surface area contributed by atoms with Crippen molar-refractivity contribution in [1.29, 1.82) is 0 Å². The number of hydrogen-bond acceptors (Lipinski definition) is 3. The van der Waals surface area contributed by atoms with Gasteiger partial charge < -0.3 is 5.32 Å². The van der Waals surface area contributed by atoms with Crippen molar-refractivity contribution < 1.29 is 0 Å². The van der Waals surface area contributed by atoms with E-state index in [0.717, 1.165) is 6.42 Å². The van der Waals surface area contributed by atoms with Gasteiger partial charge in [0.15, 0.2) is 0 Å². The minimum Gasteiger partial charge on any atom is -0.317 e. The summed E-state index contributed by atoms with van der Waals surface area (Å²) in [6, 6.07) is 0.625. The molecular formula is C10H18N2S. The number of thiazole rings is 1. The van der Waals surface area contributed by atoms with Gasteiger partial charge in [0.1, 0.15) is 0 Å². The molecule has 2 nitrogen and oxygen atoms in total. The van der Waals surface area contributed by atoms with E-state index in [1.807, 2.05) is 7.05 Å². The van der Waals surface area contributed by atoms with Gasteiger partial charge in [0.2, 0.25) is 0 Å². The zero-order chi connectivity index (χ0) is 9.68. The van der Waals surface area contributed by atoms with Gasteiger partial charge >= 0.3 is 0 Å². The molecule has 0 aromatic carbocycles. The smallest absolute Gasteiger partial charge is 0.0897 e. The van der Waals surface area contributed by atoms with E-state index >= 15 is 0 Å². The fourth-order valence-electron chi connectivity index (χ4n) is 1.26. The van der Waals surface area contributed by atoms with E-state index in [2.05, 4.69) is 29.5 Å². The fourth-order valence-corrected chi connectivity index (χ4v) is 1.90. The van der Waals surface area contributed by atoms with Gasteiger partial charge in [0.05, 0.1) is 10.7 Å². The first-order valence-corrected chi connectivity index (χ1v) is 5.68. The van der Waals surface area contributed by atoms with E-state index < -0.39 is 0 Å². The monoisotopic (exact) mass is 198 g/mol. The third-order valence-electron chi connectivity index (χ3n) is 2.23. The minimum atomic E-state index is 0.625. The topological polar surface area (TPSA) is 24.9 Å². The van der Waals surface area contributed by atoms with Crippen molar-refractivity contribution in [2.24, 2.45) is 0 Å². The maximum atomic E-state index is 4.43. The molecule has 1 atom stereocenters. The van der Waals surface area contributed by atoms with Crippen LogP contribution in [0.2, 0.25) is 0 Å². The summed E-state index contributed by atoms with van der Waals surface area (Å²) in [5.74, 6) is 0. The van der Waals surface area contributed by atoms with Gasteiger partial charge in [-0.3, -0.25) is 0 Å². The van der Waals surface area contributed by atoms with Crippen LogP contribution in [0.25, 0.3) is 0 Å². The van der Waals surface area contributed by atoms with Crippen LogP contribution in [0.1, 0.15) is 30.5 Å². The maximum absolute atomic E-state index is 4.43. The summed E-state index contributed by atoms with van der Waals surface area (Å²) < 4.78 is 0. The van der Waals surface area contributed by atoms with Gasteiger partial charge in [-0.25, -0.2) is 4.98 Å². The van der Waals surface area contributed by atoms with Gasteiger partial charge in [-0.15, -0.1) is 11.3 Å². The number of nitrogens with one attached hydrogen (secondary N) is 1. The van der Waals surface area contributed by atoms with Crippen molar-refractivity contribution >= 4 is 11.3 Å². The fraction of sp³-hybridized carbons (Fsp3) is 0.700. The summed E-state index contributed by atoms with van der Waals surface area (Å²) in [5, 5.41) is 6.58. The lowest BCUT2D eigenvalue weighted by Crippen LogP contribution is -2.20. The van der Waals surface area contributed by atoms with E-state index in [0.29, 0.717) is 6.04 Å². The van der Waals surface area contributed by atoms with E-state index in [1.54, 1.807) is 11.3 Å². The van der Waals surface area contributed by atoms with Crippen LogP contribution in [0.15, 0.2) is 5.38 Å². The quantitative estimate of drug-likeness (QED) is 0.785. The van der Waals surface area contributed by atoms with Gasteiger partial charge in [-0.2, -0.15) is 0 Å². The second kappa shape index (κ2) is 5.35. The number of rotatable bonds is 5. The molecule has 0 aliphatic rings. The van der Waals surface area contributed by atoms with Crippen LogP contribution in [0.4, 0.5) is 0 Å². The lowest BCUT2D eigenvalue weighted by molar-refractivity contribution is 0.540. The number of aryl methyl sites for hydroxylation is 2. The molecule has 0 saturated carbocycles. The summed E-state index contributed by atoms with van der Waals surface area (Å²) in [6.45, 7) is 4.27. The predicted octanol–water partition coefficient (Wildman–Crippen LogP) is 2.38. The van der Waals surface area contributed by atoms with Gasteiger partial charge in [-0.05, 0) is 40.2 Å².